The number of nitrogens with zero attached hydrogens (tertiary/aromatic N) is 4. The third kappa shape index (κ3) is 3.23. The molecule has 1 amide bonds. The highest BCUT2D eigenvalue weighted by Gasteiger charge is 2.32. The molecule has 3 aromatic rings. The highest BCUT2D eigenvalue weighted by atomic mass is 16.5. The van der Waals surface area contributed by atoms with Gasteiger partial charge in [0.25, 0.3) is 5.91 Å². The number of ether oxygens (including phenoxy) is 1. The Labute approximate surface area is 152 Å². The van der Waals surface area contributed by atoms with E-state index < -0.39 is 0 Å². The largest absolute Gasteiger partial charge is 0.374 e. The molecule has 0 aliphatic carbocycles. The van der Waals surface area contributed by atoms with Gasteiger partial charge in [0, 0.05) is 25.1 Å². The average Bonchev–Trinajstić information content (AvgIpc) is 3.23. The second-order valence-electron chi connectivity index (χ2n) is 6.38. The van der Waals surface area contributed by atoms with Crippen molar-refractivity contribution in [2.24, 2.45) is 0 Å². The summed E-state index contributed by atoms with van der Waals surface area (Å²) < 4.78 is 7.53. The number of hydrogen-bond acceptors (Lipinski definition) is 4. The summed E-state index contributed by atoms with van der Waals surface area (Å²) in [5.74, 6) is -0.0944. The molecular weight excluding hydrogens is 328 g/mol. The van der Waals surface area contributed by atoms with E-state index in [9.17, 15) is 4.79 Å². The van der Waals surface area contributed by atoms with Gasteiger partial charge in [-0.3, -0.25) is 9.78 Å². The minimum atomic E-state index is -0.116. The fourth-order valence-corrected chi connectivity index (χ4v) is 3.23. The normalized spacial score (nSPS) is 20.1. The first-order valence-corrected chi connectivity index (χ1v) is 8.66. The molecule has 1 aliphatic heterocycles. The van der Waals surface area contributed by atoms with Crippen LogP contribution in [-0.2, 0) is 4.74 Å². The Morgan fingerprint density at radius 3 is 2.77 bits per heavy atom. The van der Waals surface area contributed by atoms with Gasteiger partial charge in [0.1, 0.15) is 5.69 Å². The van der Waals surface area contributed by atoms with Crippen molar-refractivity contribution in [2.75, 3.05) is 13.2 Å². The fraction of sp³-hybridized carbons (Fsp3) is 0.250. The van der Waals surface area contributed by atoms with Gasteiger partial charge in [-0.25, -0.2) is 4.68 Å². The molecule has 1 fully saturated rings. The monoisotopic (exact) mass is 348 g/mol. The molecule has 1 aromatic carbocycles. The molecule has 132 valence electrons. The lowest BCUT2D eigenvalue weighted by Crippen LogP contribution is -2.47. The summed E-state index contributed by atoms with van der Waals surface area (Å²) in [6, 6.07) is 15.3. The number of benzene rings is 1. The molecule has 0 spiro atoms. The van der Waals surface area contributed by atoms with Gasteiger partial charge in [0.2, 0.25) is 0 Å². The maximum Gasteiger partial charge on any atom is 0.273 e. The van der Waals surface area contributed by atoms with Crippen LogP contribution >= 0.6 is 0 Å². The third-order valence-corrected chi connectivity index (χ3v) is 4.55. The van der Waals surface area contributed by atoms with E-state index in [0.29, 0.717) is 18.8 Å². The van der Waals surface area contributed by atoms with Gasteiger partial charge in [0.05, 0.1) is 24.4 Å². The van der Waals surface area contributed by atoms with Gasteiger partial charge in [-0.15, -0.1) is 0 Å². The number of aromatic nitrogens is 3. The minimum Gasteiger partial charge on any atom is -0.374 e. The molecule has 6 nitrogen and oxygen atoms in total. The van der Waals surface area contributed by atoms with Crippen molar-refractivity contribution in [1.29, 1.82) is 0 Å². The molecule has 3 heterocycles. The zero-order valence-corrected chi connectivity index (χ0v) is 14.5. The van der Waals surface area contributed by atoms with Crippen molar-refractivity contribution >= 4 is 5.91 Å². The number of amides is 1. The standard InChI is InChI=1S/C20H20N4O2/c1-15-13-23(19(14-26-15)16-6-3-2-4-7-16)20(25)18-12-17(8-10-21-18)24-11-5-9-22-24/h2-12,15,19H,13-14H2,1H3/t15-,19-/m1/s1. The Morgan fingerprint density at radius 1 is 1.15 bits per heavy atom. The Kier molecular flexibility index (Phi) is 4.50. The van der Waals surface area contributed by atoms with Crippen LogP contribution in [-0.4, -0.2) is 44.8 Å². The van der Waals surface area contributed by atoms with Crippen LogP contribution in [0.1, 0.15) is 29.0 Å². The Hall–Kier alpha value is -2.99. The van der Waals surface area contributed by atoms with Crippen LogP contribution in [0.4, 0.5) is 0 Å². The van der Waals surface area contributed by atoms with Gasteiger partial charge in [-0.1, -0.05) is 30.3 Å². The summed E-state index contributed by atoms with van der Waals surface area (Å²) in [5.41, 5.74) is 2.29. The molecule has 1 aliphatic rings. The molecular formula is C20H20N4O2. The van der Waals surface area contributed by atoms with Gasteiger partial charge in [0.15, 0.2) is 0 Å². The van der Waals surface area contributed by atoms with Crippen LogP contribution in [0, 0.1) is 0 Å². The quantitative estimate of drug-likeness (QED) is 0.730. The lowest BCUT2D eigenvalue weighted by atomic mass is 10.0. The molecule has 26 heavy (non-hydrogen) atoms. The summed E-state index contributed by atoms with van der Waals surface area (Å²) in [5, 5.41) is 4.22. The molecule has 0 radical (unpaired) electrons. The van der Waals surface area contributed by atoms with Gasteiger partial charge in [-0.05, 0) is 30.7 Å². The number of hydrogen-bond donors (Lipinski definition) is 0. The van der Waals surface area contributed by atoms with Crippen LogP contribution in [0.2, 0.25) is 0 Å². The summed E-state index contributed by atoms with van der Waals surface area (Å²) in [7, 11) is 0. The van der Waals surface area contributed by atoms with E-state index >= 15 is 0 Å². The summed E-state index contributed by atoms with van der Waals surface area (Å²) in [6.07, 6.45) is 5.18. The second kappa shape index (κ2) is 7.09. The van der Waals surface area contributed by atoms with Crippen LogP contribution in [0.15, 0.2) is 67.1 Å². The molecule has 0 bridgehead atoms. The van der Waals surface area contributed by atoms with Crippen molar-refractivity contribution in [3.63, 3.8) is 0 Å². The summed E-state index contributed by atoms with van der Waals surface area (Å²) in [4.78, 5) is 19.4. The first-order chi connectivity index (χ1) is 12.7. The summed E-state index contributed by atoms with van der Waals surface area (Å²) >= 11 is 0. The van der Waals surface area contributed by atoms with E-state index in [1.165, 1.54) is 0 Å². The topological polar surface area (TPSA) is 60.2 Å². The second-order valence-corrected chi connectivity index (χ2v) is 6.38. The van der Waals surface area contributed by atoms with Crippen LogP contribution < -0.4 is 0 Å². The predicted molar refractivity (Wildman–Crippen MR) is 97.0 cm³/mol. The minimum absolute atomic E-state index is 0.00629. The van der Waals surface area contributed by atoms with E-state index in [-0.39, 0.29) is 18.1 Å². The Balaban J connectivity index is 1.65. The van der Waals surface area contributed by atoms with Gasteiger partial charge in [-0.2, -0.15) is 5.10 Å². The highest BCUT2D eigenvalue weighted by molar-refractivity contribution is 5.93. The van der Waals surface area contributed by atoms with Crippen molar-refractivity contribution in [3.05, 3.63) is 78.4 Å². The van der Waals surface area contributed by atoms with Gasteiger partial charge < -0.3 is 9.64 Å². The molecule has 6 heteroatoms. The smallest absolute Gasteiger partial charge is 0.273 e. The molecule has 0 saturated carbocycles. The lowest BCUT2D eigenvalue weighted by Gasteiger charge is -2.38. The van der Waals surface area contributed by atoms with E-state index in [2.05, 4.69) is 10.1 Å². The first kappa shape index (κ1) is 16.5. The molecule has 2 aromatic heterocycles. The van der Waals surface area contributed by atoms with Crippen molar-refractivity contribution < 1.29 is 9.53 Å². The van der Waals surface area contributed by atoms with E-state index in [4.69, 9.17) is 4.74 Å². The van der Waals surface area contributed by atoms with Crippen molar-refractivity contribution in [1.82, 2.24) is 19.7 Å². The van der Waals surface area contributed by atoms with E-state index in [1.54, 1.807) is 23.1 Å². The van der Waals surface area contributed by atoms with Crippen molar-refractivity contribution in [3.8, 4) is 5.69 Å². The van der Waals surface area contributed by atoms with Crippen LogP contribution in [0.3, 0.4) is 0 Å². The maximum absolute atomic E-state index is 13.2. The first-order valence-electron chi connectivity index (χ1n) is 8.66. The predicted octanol–water partition coefficient (Wildman–Crippen LogP) is 2.87. The zero-order valence-electron chi connectivity index (χ0n) is 14.5. The SMILES string of the molecule is C[C@@H]1CN(C(=O)c2cc(-n3cccn3)ccn2)[C@@H](c2ccccc2)CO1. The number of morpholine rings is 1. The molecule has 1 saturated heterocycles. The molecule has 0 unspecified atom stereocenters. The zero-order chi connectivity index (χ0) is 17.9. The maximum atomic E-state index is 13.2. The number of rotatable bonds is 3. The van der Waals surface area contributed by atoms with E-state index in [1.807, 2.05) is 60.5 Å². The van der Waals surface area contributed by atoms with Gasteiger partial charge >= 0.3 is 0 Å². The highest BCUT2D eigenvalue weighted by Crippen LogP contribution is 2.27. The van der Waals surface area contributed by atoms with Crippen LogP contribution in [0.25, 0.3) is 5.69 Å². The lowest BCUT2D eigenvalue weighted by molar-refractivity contribution is -0.0449. The number of carbonyl (C=O) groups is 1. The summed E-state index contributed by atoms with van der Waals surface area (Å²) in [6.45, 7) is 3.00. The molecule has 2 atom stereocenters. The van der Waals surface area contributed by atoms with Crippen molar-refractivity contribution in [2.45, 2.75) is 19.1 Å². The third-order valence-electron chi connectivity index (χ3n) is 4.55. The molecule has 0 N–H and O–H groups in total. The number of carbonyl (C=O) groups excluding carboxylic acids is 1. The fourth-order valence-electron chi connectivity index (χ4n) is 3.23. The Bertz CT molecular complexity index is 880. The number of pyridine rings is 1. The van der Waals surface area contributed by atoms with E-state index in [0.717, 1.165) is 11.3 Å². The van der Waals surface area contributed by atoms with Crippen LogP contribution in [0.5, 0.6) is 0 Å². The Morgan fingerprint density at radius 2 is 2.00 bits per heavy atom. The average molecular weight is 348 g/mol. The molecule has 4 rings (SSSR count).